The summed E-state index contributed by atoms with van der Waals surface area (Å²) in [5.41, 5.74) is 13.1. The van der Waals surface area contributed by atoms with Gasteiger partial charge in [0.1, 0.15) is 17.5 Å². The van der Waals surface area contributed by atoms with Gasteiger partial charge in [-0.2, -0.15) is 0 Å². The van der Waals surface area contributed by atoms with Gasteiger partial charge in [0.25, 0.3) is 5.69 Å². The van der Waals surface area contributed by atoms with E-state index in [1.54, 1.807) is 62.4 Å². The molecule has 0 N–H and O–H groups in total. The number of hydrogen-bond acceptors (Lipinski definition) is 2. The SMILES string of the molecule is Cc1cc(Cl)cc(Cl)c1.Cc1ccc(Cl)c(Cl)c1.Cc1ccc(Cl)cc1.Cc1ccc(F)cc1.Cc1cccc(Cl)c1.Cc1cccc(F)c1.Cc1cccc([N+](=O)[O-])c1C.Cc1ccccc1.Cc1ccccc1Br.Cc1ccccc1Cl.Cc1ccccc1F. The zero-order valence-electron chi connectivity index (χ0n) is 53.7. The van der Waals surface area contributed by atoms with Crippen molar-refractivity contribution in [2.24, 2.45) is 0 Å². The second kappa shape index (κ2) is 47.9. The molecule has 0 aromatic heterocycles. The quantitative estimate of drug-likeness (QED) is 0.121. The van der Waals surface area contributed by atoms with Crippen LogP contribution in [0.4, 0.5) is 18.9 Å². The molecule has 0 atom stereocenters. The first kappa shape index (κ1) is 83.1. The Bertz CT molecular complexity index is 3480. The molecule has 0 aliphatic rings. The van der Waals surface area contributed by atoms with Crippen LogP contribution < -0.4 is 0 Å². The number of aryl methyl sites for hydroxylation is 11. The predicted octanol–water partition coefficient (Wildman–Crippen LogP) is 27.9. The third-order valence-electron chi connectivity index (χ3n) is 12.0. The first-order valence-corrected chi connectivity index (χ1v) is 32.0. The van der Waals surface area contributed by atoms with Gasteiger partial charge in [0.15, 0.2) is 0 Å². The van der Waals surface area contributed by atoms with E-state index in [4.69, 9.17) is 81.2 Å². The number of nitro benzene ring substituents is 1. The van der Waals surface area contributed by atoms with E-state index in [0.717, 1.165) is 54.0 Å². The smallest absolute Gasteiger partial charge is 0.258 e. The maximum Gasteiger partial charge on any atom is 0.272 e. The van der Waals surface area contributed by atoms with Crippen molar-refractivity contribution in [2.75, 3.05) is 0 Å². The third-order valence-corrected chi connectivity index (χ3v) is 15.0. The molecule has 11 rings (SSSR count). The van der Waals surface area contributed by atoms with Crippen molar-refractivity contribution in [1.82, 2.24) is 0 Å². The molecule has 0 bridgehead atoms. The minimum atomic E-state index is -0.359. The minimum Gasteiger partial charge on any atom is -0.258 e. The van der Waals surface area contributed by atoms with E-state index in [-0.39, 0.29) is 28.1 Å². The van der Waals surface area contributed by atoms with E-state index < -0.39 is 0 Å². The van der Waals surface area contributed by atoms with Crippen LogP contribution in [0.2, 0.25) is 35.2 Å². The fraction of sp³-hybridized carbons (Fsp3) is 0.154. The van der Waals surface area contributed by atoms with E-state index in [9.17, 15) is 23.3 Å². The topological polar surface area (TPSA) is 43.1 Å². The highest BCUT2D eigenvalue weighted by Crippen LogP contribution is 2.23. The van der Waals surface area contributed by atoms with Gasteiger partial charge in [-0.05, 0) is 225 Å². The molecule has 0 radical (unpaired) electrons. The molecule has 0 fully saturated rings. The molecule has 484 valence electrons. The summed E-state index contributed by atoms with van der Waals surface area (Å²) >= 11 is 43.0. The van der Waals surface area contributed by atoms with Crippen molar-refractivity contribution in [3.8, 4) is 0 Å². The Morgan fingerprint density at radius 3 is 1.07 bits per heavy atom. The van der Waals surface area contributed by atoms with Crippen molar-refractivity contribution >= 4 is 103 Å². The zero-order chi connectivity index (χ0) is 69.1. The van der Waals surface area contributed by atoms with E-state index in [0.29, 0.717) is 25.7 Å². The Hall–Kier alpha value is -6.88. The lowest BCUT2D eigenvalue weighted by Gasteiger charge is -1.98. The average molecular weight is 1450 g/mol. The molecule has 92 heavy (non-hydrogen) atoms. The first-order valence-electron chi connectivity index (χ1n) is 28.6. The highest BCUT2D eigenvalue weighted by atomic mass is 79.9. The highest BCUT2D eigenvalue weighted by molar-refractivity contribution is 9.10. The summed E-state index contributed by atoms with van der Waals surface area (Å²) in [6.45, 7) is 23.3. The van der Waals surface area contributed by atoms with Gasteiger partial charge in [-0.1, -0.05) is 265 Å². The van der Waals surface area contributed by atoms with E-state index in [1.807, 2.05) is 207 Å². The van der Waals surface area contributed by atoms with E-state index in [2.05, 4.69) is 48.0 Å². The molecule has 0 aliphatic heterocycles. The molecule has 0 saturated heterocycles. The number of benzene rings is 11. The Balaban J connectivity index is 0.000000507. The lowest BCUT2D eigenvalue weighted by atomic mass is 10.1. The Kier molecular flexibility index (Phi) is 43.3. The monoisotopic (exact) mass is 1440 g/mol. The molecule has 0 spiro atoms. The van der Waals surface area contributed by atoms with Crippen LogP contribution in [-0.4, -0.2) is 4.92 Å². The maximum absolute atomic E-state index is 12.3. The van der Waals surface area contributed by atoms with Crippen LogP contribution in [0.15, 0.2) is 259 Å². The number of halogens is 11. The van der Waals surface area contributed by atoms with Gasteiger partial charge < -0.3 is 0 Å². The summed E-state index contributed by atoms with van der Waals surface area (Å²) < 4.78 is 37.8. The summed E-state index contributed by atoms with van der Waals surface area (Å²) in [4.78, 5) is 10.0. The molecule has 14 heteroatoms. The van der Waals surface area contributed by atoms with Crippen LogP contribution in [0.25, 0.3) is 0 Å². The van der Waals surface area contributed by atoms with Crippen LogP contribution >= 0.6 is 97.1 Å². The maximum atomic E-state index is 12.3. The zero-order valence-corrected chi connectivity index (χ0v) is 60.5. The normalized spacial score (nSPS) is 9.34. The van der Waals surface area contributed by atoms with E-state index >= 15 is 0 Å². The van der Waals surface area contributed by atoms with Crippen LogP contribution in [0.1, 0.15) is 66.8 Å². The van der Waals surface area contributed by atoms with Crippen LogP contribution in [0.3, 0.4) is 0 Å². The van der Waals surface area contributed by atoms with Crippen LogP contribution in [-0.2, 0) is 0 Å². The van der Waals surface area contributed by atoms with Gasteiger partial charge >= 0.3 is 0 Å². The van der Waals surface area contributed by atoms with Gasteiger partial charge in [-0.15, -0.1) is 0 Å². The minimum absolute atomic E-state index is 0.132. The van der Waals surface area contributed by atoms with Crippen molar-refractivity contribution < 1.29 is 18.1 Å². The second-order valence-corrected chi connectivity index (χ2v) is 24.3. The van der Waals surface area contributed by atoms with Crippen molar-refractivity contribution in [1.29, 1.82) is 0 Å². The second-order valence-electron chi connectivity index (χ2n) is 20.4. The van der Waals surface area contributed by atoms with Gasteiger partial charge in [0, 0.05) is 41.2 Å². The highest BCUT2D eigenvalue weighted by Gasteiger charge is 2.09. The molecule has 11 aromatic rings. The standard InChI is InChI=1S/C8H9NO2.C7H7Br.2C7H6Cl2.3C7H7Cl.3C7H7F.C7H8/c1-6-4-3-5-8(7(6)2)9(10)11;1-6-4-2-3-5-7(6)8;1-5-2-6(8)4-7(9)3-5;1-5-2-3-6(8)7(9)4-5;1-6-2-4-7(8)5-3-6;1-6-3-2-4-7(8)5-6;1-6-4-2-3-5-7(6)8;1-6-2-4-7(8)5-3-6;1-6-3-2-4-7(8)5-6;1-6-4-2-3-5-7(6)8;1-7-5-3-2-4-6-7/h3-5H,1-2H3;2-5H,1H3;2*2-4H,1H3;6*2-5H,1H3;2-6H,1H3. The van der Waals surface area contributed by atoms with Crippen molar-refractivity contribution in [3.05, 3.63) is 389 Å². The van der Waals surface area contributed by atoms with Gasteiger partial charge in [0.2, 0.25) is 0 Å². The summed E-state index contributed by atoms with van der Waals surface area (Å²) in [5, 5.41) is 15.5. The van der Waals surface area contributed by atoms with Gasteiger partial charge in [-0.25, -0.2) is 13.2 Å². The fourth-order valence-corrected chi connectivity index (χ4v) is 8.47. The van der Waals surface area contributed by atoms with Crippen molar-refractivity contribution in [2.45, 2.75) is 83.1 Å². The largest absolute Gasteiger partial charge is 0.272 e. The molecule has 11 aromatic carbocycles. The summed E-state index contributed by atoms with van der Waals surface area (Å²) in [6.07, 6.45) is 0. The van der Waals surface area contributed by atoms with Crippen LogP contribution in [0.5, 0.6) is 0 Å². The molecule has 0 aliphatic carbocycles. The van der Waals surface area contributed by atoms with Gasteiger partial charge in [-0.3, -0.25) is 10.1 Å². The van der Waals surface area contributed by atoms with Crippen LogP contribution in [0, 0.1) is 111 Å². The fourth-order valence-electron chi connectivity index (χ4n) is 6.69. The Morgan fingerprint density at radius 2 is 0.728 bits per heavy atom. The molecular weight excluding hydrogens is 1370 g/mol. The summed E-state index contributed by atoms with van der Waals surface area (Å²) in [6, 6.07) is 77.4. The Morgan fingerprint density at radius 1 is 0.304 bits per heavy atom. The lowest BCUT2D eigenvalue weighted by Crippen LogP contribution is -1.92. The molecular formula is C78H78BrCl7F3NO2. The summed E-state index contributed by atoms with van der Waals surface area (Å²) in [7, 11) is 0. The molecule has 0 unspecified atom stereocenters. The van der Waals surface area contributed by atoms with Gasteiger partial charge in [0.05, 0.1) is 15.0 Å². The molecule has 0 amide bonds. The van der Waals surface area contributed by atoms with E-state index in [1.165, 1.54) is 63.1 Å². The molecule has 0 saturated carbocycles. The van der Waals surface area contributed by atoms with Crippen molar-refractivity contribution in [3.63, 3.8) is 0 Å². The number of hydrogen-bond donors (Lipinski definition) is 0. The number of nitrogens with zero attached hydrogens (tertiary/aromatic N) is 1. The third kappa shape index (κ3) is 40.9. The number of rotatable bonds is 1. The Labute approximate surface area is 588 Å². The molecule has 3 nitrogen and oxygen atoms in total. The number of nitro groups is 1. The average Bonchev–Trinajstić information content (AvgIpc) is 1.19. The summed E-state index contributed by atoms with van der Waals surface area (Å²) in [5.74, 6) is -0.465. The predicted molar refractivity (Wildman–Crippen MR) is 397 cm³/mol. The lowest BCUT2D eigenvalue weighted by molar-refractivity contribution is -0.385. The molecule has 0 heterocycles. The first-order chi connectivity index (χ1) is 43.5.